The number of hydrogen-bond donors (Lipinski definition) is 0. The second kappa shape index (κ2) is 4.96. The lowest BCUT2D eigenvalue weighted by molar-refractivity contribution is -0.130. The van der Waals surface area contributed by atoms with Gasteiger partial charge in [-0.15, -0.1) is 0 Å². The molecular weight excluding hydrogens is 234 g/mol. The van der Waals surface area contributed by atoms with Crippen molar-refractivity contribution in [2.45, 2.75) is 31.2 Å². The van der Waals surface area contributed by atoms with Crippen molar-refractivity contribution in [1.82, 2.24) is 4.90 Å². The van der Waals surface area contributed by atoms with Crippen molar-refractivity contribution in [3.05, 3.63) is 0 Å². The fourth-order valence-corrected chi connectivity index (χ4v) is 1.74. The van der Waals surface area contributed by atoms with Gasteiger partial charge in [0.05, 0.1) is 10.9 Å². The summed E-state index contributed by atoms with van der Waals surface area (Å²) in [6, 6.07) is 0. The highest BCUT2D eigenvalue weighted by Gasteiger charge is 2.22. The van der Waals surface area contributed by atoms with Gasteiger partial charge in [-0.2, -0.15) is 0 Å². The molecule has 2 unspecified atom stereocenters. The number of carbonyl (C=O) groups excluding carboxylic acids is 1. The summed E-state index contributed by atoms with van der Waals surface area (Å²) in [7, 11) is 0. The molecule has 0 aliphatic carbocycles. The summed E-state index contributed by atoms with van der Waals surface area (Å²) in [5.74, 6) is 0.164. The van der Waals surface area contributed by atoms with E-state index in [9.17, 15) is 4.79 Å². The van der Waals surface area contributed by atoms with Gasteiger partial charge in [-0.1, -0.05) is 15.9 Å². The summed E-state index contributed by atoms with van der Waals surface area (Å²) >= 11 is 3.29. The fraction of sp³-hybridized carbons (Fsp3) is 0.889. The molecule has 1 heterocycles. The van der Waals surface area contributed by atoms with Crippen LogP contribution in [0.5, 0.6) is 0 Å². The maximum Gasteiger partial charge on any atom is 0.236 e. The van der Waals surface area contributed by atoms with Crippen LogP contribution in [-0.4, -0.2) is 41.4 Å². The van der Waals surface area contributed by atoms with Crippen molar-refractivity contribution in [2.24, 2.45) is 0 Å². The number of carbonyl (C=O) groups is 1. The van der Waals surface area contributed by atoms with Gasteiger partial charge in [0.1, 0.15) is 0 Å². The van der Waals surface area contributed by atoms with E-state index < -0.39 is 0 Å². The minimum absolute atomic E-state index is 0.0854. The van der Waals surface area contributed by atoms with Crippen LogP contribution >= 0.6 is 15.9 Å². The van der Waals surface area contributed by atoms with E-state index in [0.29, 0.717) is 0 Å². The third-order valence-corrected chi connectivity index (χ3v) is 2.50. The molecule has 0 radical (unpaired) electrons. The molecule has 1 aliphatic heterocycles. The van der Waals surface area contributed by atoms with Gasteiger partial charge in [0.25, 0.3) is 0 Å². The highest BCUT2D eigenvalue weighted by Crippen LogP contribution is 2.10. The van der Waals surface area contributed by atoms with Gasteiger partial charge in [0, 0.05) is 19.7 Å². The number of halogens is 1. The van der Waals surface area contributed by atoms with Crippen LogP contribution in [0.2, 0.25) is 0 Å². The van der Waals surface area contributed by atoms with Crippen molar-refractivity contribution < 1.29 is 9.53 Å². The molecule has 3 nitrogen and oxygen atoms in total. The molecule has 1 rings (SSSR count). The smallest absolute Gasteiger partial charge is 0.236 e. The predicted molar refractivity (Wildman–Crippen MR) is 55.0 cm³/mol. The molecule has 0 spiro atoms. The number of nitrogens with zero attached hydrogens (tertiary/aromatic N) is 1. The highest BCUT2D eigenvalue weighted by molar-refractivity contribution is 9.10. The van der Waals surface area contributed by atoms with E-state index in [0.717, 1.165) is 26.1 Å². The number of amides is 1. The lowest BCUT2D eigenvalue weighted by atomic mass is 10.3. The second-order valence-electron chi connectivity index (χ2n) is 3.44. The molecule has 2 atom stereocenters. The molecule has 1 fully saturated rings. The van der Waals surface area contributed by atoms with Crippen molar-refractivity contribution in [2.75, 3.05) is 19.7 Å². The molecule has 0 bridgehead atoms. The summed E-state index contributed by atoms with van der Waals surface area (Å²) in [6.07, 6.45) is 1.10. The van der Waals surface area contributed by atoms with Crippen molar-refractivity contribution >= 4 is 21.8 Å². The second-order valence-corrected chi connectivity index (χ2v) is 4.81. The number of ether oxygens (including phenoxy) is 1. The van der Waals surface area contributed by atoms with Crippen LogP contribution in [-0.2, 0) is 9.53 Å². The maximum atomic E-state index is 11.6. The molecule has 0 N–H and O–H groups in total. The maximum absolute atomic E-state index is 11.6. The molecule has 0 saturated carbocycles. The van der Waals surface area contributed by atoms with Gasteiger partial charge in [0.2, 0.25) is 5.91 Å². The summed E-state index contributed by atoms with van der Waals surface area (Å²) in [5, 5.41) is 0. The van der Waals surface area contributed by atoms with E-state index in [1.807, 2.05) is 18.7 Å². The van der Waals surface area contributed by atoms with Crippen LogP contribution in [0.3, 0.4) is 0 Å². The summed E-state index contributed by atoms with van der Waals surface area (Å²) in [4.78, 5) is 13.4. The normalized spacial score (nSPS) is 26.7. The zero-order chi connectivity index (χ0) is 9.84. The average molecular weight is 250 g/mol. The topological polar surface area (TPSA) is 29.5 Å². The largest absolute Gasteiger partial charge is 0.377 e. The first-order valence-electron chi connectivity index (χ1n) is 4.65. The van der Waals surface area contributed by atoms with Gasteiger partial charge in [0.15, 0.2) is 0 Å². The molecule has 76 valence electrons. The van der Waals surface area contributed by atoms with Crippen molar-refractivity contribution in [3.63, 3.8) is 0 Å². The molecule has 0 aromatic rings. The average Bonchev–Trinajstić information content (AvgIpc) is 2.28. The summed E-state index contributed by atoms with van der Waals surface area (Å²) < 4.78 is 5.45. The number of rotatable bonds is 1. The van der Waals surface area contributed by atoms with Crippen LogP contribution in [0, 0.1) is 0 Å². The molecule has 0 aromatic heterocycles. The van der Waals surface area contributed by atoms with Crippen molar-refractivity contribution in [3.8, 4) is 0 Å². The van der Waals surface area contributed by atoms with E-state index in [1.54, 1.807) is 0 Å². The lowest BCUT2D eigenvalue weighted by Crippen LogP contribution is -2.39. The highest BCUT2D eigenvalue weighted by atomic mass is 79.9. The Labute approximate surface area is 87.6 Å². The van der Waals surface area contributed by atoms with Crippen molar-refractivity contribution in [1.29, 1.82) is 0 Å². The van der Waals surface area contributed by atoms with Gasteiger partial charge in [-0.25, -0.2) is 0 Å². The monoisotopic (exact) mass is 249 g/mol. The molecular formula is C9H16BrNO2. The fourth-order valence-electron chi connectivity index (χ4n) is 1.45. The summed E-state index contributed by atoms with van der Waals surface area (Å²) in [6.45, 7) is 6.17. The Morgan fingerprint density at radius 3 is 3.00 bits per heavy atom. The Kier molecular flexibility index (Phi) is 4.19. The third kappa shape index (κ3) is 3.27. The molecule has 0 aromatic carbocycles. The molecule has 1 saturated heterocycles. The SMILES string of the molecule is CC1CN(C(=O)C(C)Br)CCCO1. The van der Waals surface area contributed by atoms with Gasteiger partial charge >= 0.3 is 0 Å². The van der Waals surface area contributed by atoms with Crippen LogP contribution in [0.15, 0.2) is 0 Å². The first-order valence-corrected chi connectivity index (χ1v) is 5.57. The van der Waals surface area contributed by atoms with Crippen LogP contribution in [0.4, 0.5) is 0 Å². The Bertz CT molecular complexity index is 184. The van der Waals surface area contributed by atoms with E-state index in [2.05, 4.69) is 15.9 Å². The Hall–Kier alpha value is -0.0900. The number of alkyl halides is 1. The van der Waals surface area contributed by atoms with Crippen LogP contribution in [0.25, 0.3) is 0 Å². The van der Waals surface area contributed by atoms with Gasteiger partial charge < -0.3 is 9.64 Å². The Balaban J connectivity index is 2.52. The predicted octanol–water partition coefficient (Wildman–Crippen LogP) is 1.41. The van der Waals surface area contributed by atoms with E-state index in [-0.39, 0.29) is 16.8 Å². The van der Waals surface area contributed by atoms with E-state index in [4.69, 9.17) is 4.74 Å². The molecule has 1 amide bonds. The number of hydrogen-bond acceptors (Lipinski definition) is 2. The van der Waals surface area contributed by atoms with E-state index >= 15 is 0 Å². The molecule has 1 aliphatic rings. The first-order chi connectivity index (χ1) is 6.11. The standard InChI is InChI=1S/C9H16BrNO2/c1-7-6-11(4-3-5-13-7)9(12)8(2)10/h7-8H,3-6H2,1-2H3. The van der Waals surface area contributed by atoms with Gasteiger partial charge in [-0.05, 0) is 20.3 Å². The minimum Gasteiger partial charge on any atom is -0.377 e. The van der Waals surface area contributed by atoms with E-state index in [1.165, 1.54) is 0 Å². The molecule has 4 heteroatoms. The van der Waals surface area contributed by atoms with Gasteiger partial charge in [-0.3, -0.25) is 4.79 Å². The lowest BCUT2D eigenvalue weighted by Gasteiger charge is -2.23. The Morgan fingerprint density at radius 1 is 1.69 bits per heavy atom. The first kappa shape index (κ1) is 11.0. The third-order valence-electron chi connectivity index (χ3n) is 2.10. The van der Waals surface area contributed by atoms with Crippen LogP contribution in [0.1, 0.15) is 20.3 Å². The zero-order valence-corrected chi connectivity index (χ0v) is 9.71. The molecule has 13 heavy (non-hydrogen) atoms. The quantitative estimate of drug-likeness (QED) is 0.658. The minimum atomic E-state index is -0.0854. The zero-order valence-electron chi connectivity index (χ0n) is 8.12. The Morgan fingerprint density at radius 2 is 2.38 bits per heavy atom. The van der Waals surface area contributed by atoms with Crippen LogP contribution < -0.4 is 0 Å². The summed E-state index contributed by atoms with van der Waals surface area (Å²) in [5.41, 5.74) is 0.